The first kappa shape index (κ1) is 15.5. The summed E-state index contributed by atoms with van der Waals surface area (Å²) in [5, 5.41) is 3.54. The molecule has 1 heterocycles. The van der Waals surface area contributed by atoms with Crippen LogP contribution in [0.5, 0.6) is 5.88 Å². The van der Waals surface area contributed by atoms with E-state index in [4.69, 9.17) is 4.74 Å². The van der Waals surface area contributed by atoms with E-state index in [2.05, 4.69) is 48.4 Å². The molecule has 0 saturated heterocycles. The SMILES string of the molecule is CCc1ccc(CCN[C@@H](C)c2ccnc(OC)c2)cc1. The zero-order valence-corrected chi connectivity index (χ0v) is 13.1. The van der Waals surface area contributed by atoms with Crippen molar-refractivity contribution in [3.8, 4) is 5.88 Å². The highest BCUT2D eigenvalue weighted by molar-refractivity contribution is 5.24. The van der Waals surface area contributed by atoms with Crippen molar-refractivity contribution < 1.29 is 4.74 Å². The molecule has 1 atom stereocenters. The molecule has 0 aliphatic rings. The Kier molecular flexibility index (Phi) is 5.76. The summed E-state index contributed by atoms with van der Waals surface area (Å²) < 4.78 is 5.16. The standard InChI is InChI=1S/C18H24N2O/c1-4-15-5-7-16(8-6-15)9-11-19-14(2)17-10-12-20-18(13-17)21-3/h5-8,10,12-14,19H,4,9,11H2,1-3H3/t14-/m0/s1. The summed E-state index contributed by atoms with van der Waals surface area (Å²) in [6, 6.07) is 13.2. The molecule has 21 heavy (non-hydrogen) atoms. The van der Waals surface area contributed by atoms with Crippen LogP contribution in [0.15, 0.2) is 42.6 Å². The molecule has 0 amide bonds. The van der Waals surface area contributed by atoms with Crippen molar-refractivity contribution in [2.24, 2.45) is 0 Å². The number of aryl methyl sites for hydroxylation is 1. The fourth-order valence-electron chi connectivity index (χ4n) is 2.30. The predicted molar refractivity (Wildman–Crippen MR) is 86.7 cm³/mol. The fourth-order valence-corrected chi connectivity index (χ4v) is 2.30. The van der Waals surface area contributed by atoms with Crippen LogP contribution in [0.4, 0.5) is 0 Å². The zero-order valence-electron chi connectivity index (χ0n) is 13.1. The number of nitrogens with one attached hydrogen (secondary N) is 1. The van der Waals surface area contributed by atoms with Crippen molar-refractivity contribution in [3.63, 3.8) is 0 Å². The van der Waals surface area contributed by atoms with E-state index in [1.54, 1.807) is 13.3 Å². The summed E-state index contributed by atoms with van der Waals surface area (Å²) in [6.45, 7) is 5.30. The van der Waals surface area contributed by atoms with Crippen LogP contribution in [0.25, 0.3) is 0 Å². The monoisotopic (exact) mass is 284 g/mol. The van der Waals surface area contributed by atoms with E-state index in [0.29, 0.717) is 5.88 Å². The van der Waals surface area contributed by atoms with Gasteiger partial charge in [-0.3, -0.25) is 0 Å². The molecule has 0 spiro atoms. The maximum Gasteiger partial charge on any atom is 0.213 e. The topological polar surface area (TPSA) is 34.2 Å². The van der Waals surface area contributed by atoms with Crippen LogP contribution in [-0.2, 0) is 12.8 Å². The second-order valence-corrected chi connectivity index (χ2v) is 5.23. The average molecular weight is 284 g/mol. The maximum absolute atomic E-state index is 5.16. The normalized spacial score (nSPS) is 12.1. The molecule has 0 aliphatic carbocycles. The number of rotatable bonds is 7. The van der Waals surface area contributed by atoms with Gasteiger partial charge in [-0.2, -0.15) is 0 Å². The third-order valence-electron chi connectivity index (χ3n) is 3.76. The third-order valence-corrected chi connectivity index (χ3v) is 3.76. The lowest BCUT2D eigenvalue weighted by Crippen LogP contribution is -2.21. The number of nitrogens with zero attached hydrogens (tertiary/aromatic N) is 1. The molecule has 112 valence electrons. The highest BCUT2D eigenvalue weighted by Gasteiger charge is 2.06. The number of benzene rings is 1. The number of pyridine rings is 1. The molecule has 0 fully saturated rings. The quantitative estimate of drug-likeness (QED) is 0.844. The Balaban J connectivity index is 1.84. The highest BCUT2D eigenvalue weighted by atomic mass is 16.5. The Morgan fingerprint density at radius 2 is 1.86 bits per heavy atom. The fraction of sp³-hybridized carbons (Fsp3) is 0.389. The summed E-state index contributed by atoms with van der Waals surface area (Å²) in [5.41, 5.74) is 3.96. The Morgan fingerprint density at radius 1 is 1.14 bits per heavy atom. The van der Waals surface area contributed by atoms with Crippen LogP contribution in [0.3, 0.4) is 0 Å². The minimum Gasteiger partial charge on any atom is -0.481 e. The van der Waals surface area contributed by atoms with Gasteiger partial charge in [0.05, 0.1) is 7.11 Å². The minimum absolute atomic E-state index is 0.289. The first-order valence-electron chi connectivity index (χ1n) is 7.54. The summed E-state index contributed by atoms with van der Waals surface area (Å²) in [5.74, 6) is 0.663. The van der Waals surface area contributed by atoms with Crippen molar-refractivity contribution in [2.45, 2.75) is 32.7 Å². The van der Waals surface area contributed by atoms with Gasteiger partial charge in [0, 0.05) is 18.3 Å². The molecule has 0 unspecified atom stereocenters. The molecule has 1 N–H and O–H groups in total. The average Bonchev–Trinajstić information content (AvgIpc) is 2.55. The van der Waals surface area contributed by atoms with Gasteiger partial charge in [-0.25, -0.2) is 4.98 Å². The van der Waals surface area contributed by atoms with E-state index in [1.165, 1.54) is 16.7 Å². The van der Waals surface area contributed by atoms with Gasteiger partial charge >= 0.3 is 0 Å². The van der Waals surface area contributed by atoms with E-state index in [9.17, 15) is 0 Å². The Labute approximate surface area is 127 Å². The van der Waals surface area contributed by atoms with E-state index in [0.717, 1.165) is 19.4 Å². The van der Waals surface area contributed by atoms with Gasteiger partial charge in [0.15, 0.2) is 0 Å². The van der Waals surface area contributed by atoms with E-state index in [1.807, 2.05) is 12.1 Å². The van der Waals surface area contributed by atoms with Crippen LogP contribution in [0.2, 0.25) is 0 Å². The van der Waals surface area contributed by atoms with Gasteiger partial charge in [-0.1, -0.05) is 31.2 Å². The van der Waals surface area contributed by atoms with Crippen molar-refractivity contribution in [2.75, 3.05) is 13.7 Å². The molecule has 3 nitrogen and oxygen atoms in total. The van der Waals surface area contributed by atoms with Crippen molar-refractivity contribution in [1.82, 2.24) is 10.3 Å². The maximum atomic E-state index is 5.16. The van der Waals surface area contributed by atoms with Crippen LogP contribution >= 0.6 is 0 Å². The largest absolute Gasteiger partial charge is 0.481 e. The Hall–Kier alpha value is -1.87. The van der Waals surface area contributed by atoms with Crippen molar-refractivity contribution in [3.05, 3.63) is 59.3 Å². The van der Waals surface area contributed by atoms with Crippen molar-refractivity contribution in [1.29, 1.82) is 0 Å². The van der Waals surface area contributed by atoms with Gasteiger partial charge in [0.2, 0.25) is 5.88 Å². The number of ether oxygens (including phenoxy) is 1. The Morgan fingerprint density at radius 3 is 2.52 bits per heavy atom. The lowest BCUT2D eigenvalue weighted by Gasteiger charge is -2.14. The number of hydrogen-bond acceptors (Lipinski definition) is 3. The third kappa shape index (κ3) is 4.57. The van der Waals surface area contributed by atoms with Gasteiger partial charge in [0.1, 0.15) is 0 Å². The molecule has 0 bridgehead atoms. The second-order valence-electron chi connectivity index (χ2n) is 5.23. The van der Waals surface area contributed by atoms with E-state index in [-0.39, 0.29) is 6.04 Å². The van der Waals surface area contributed by atoms with Crippen LogP contribution in [-0.4, -0.2) is 18.6 Å². The second kappa shape index (κ2) is 7.79. The Bertz CT molecular complexity index is 551. The molecule has 2 aromatic rings. The number of hydrogen-bond donors (Lipinski definition) is 1. The van der Waals surface area contributed by atoms with Gasteiger partial charge in [0.25, 0.3) is 0 Å². The highest BCUT2D eigenvalue weighted by Crippen LogP contribution is 2.16. The van der Waals surface area contributed by atoms with E-state index >= 15 is 0 Å². The van der Waals surface area contributed by atoms with Gasteiger partial charge in [-0.05, 0) is 49.1 Å². The molecular weight excluding hydrogens is 260 g/mol. The van der Waals surface area contributed by atoms with Crippen molar-refractivity contribution >= 4 is 0 Å². The lowest BCUT2D eigenvalue weighted by atomic mass is 10.1. The van der Waals surface area contributed by atoms with Gasteiger partial charge in [-0.15, -0.1) is 0 Å². The number of aromatic nitrogens is 1. The van der Waals surface area contributed by atoms with Crippen LogP contribution in [0.1, 0.15) is 36.6 Å². The molecule has 2 rings (SSSR count). The molecule has 0 radical (unpaired) electrons. The minimum atomic E-state index is 0.289. The lowest BCUT2D eigenvalue weighted by molar-refractivity contribution is 0.396. The first-order chi connectivity index (χ1) is 10.2. The molecular formula is C18H24N2O. The molecule has 1 aromatic heterocycles. The number of methoxy groups -OCH3 is 1. The summed E-state index contributed by atoms with van der Waals surface area (Å²) in [6.07, 6.45) is 3.92. The smallest absolute Gasteiger partial charge is 0.213 e. The molecule has 3 heteroatoms. The summed E-state index contributed by atoms with van der Waals surface area (Å²) in [4.78, 5) is 4.13. The molecule has 1 aromatic carbocycles. The summed E-state index contributed by atoms with van der Waals surface area (Å²) in [7, 11) is 1.64. The van der Waals surface area contributed by atoms with Crippen LogP contribution in [0, 0.1) is 0 Å². The zero-order chi connectivity index (χ0) is 15.1. The van der Waals surface area contributed by atoms with Gasteiger partial charge < -0.3 is 10.1 Å². The summed E-state index contributed by atoms with van der Waals surface area (Å²) >= 11 is 0. The first-order valence-corrected chi connectivity index (χ1v) is 7.54. The predicted octanol–water partition coefficient (Wildman–Crippen LogP) is 3.55. The van der Waals surface area contributed by atoms with E-state index < -0.39 is 0 Å². The molecule has 0 saturated carbocycles. The molecule has 0 aliphatic heterocycles. The van der Waals surface area contributed by atoms with Crippen LogP contribution < -0.4 is 10.1 Å².